The summed E-state index contributed by atoms with van der Waals surface area (Å²) in [5.41, 5.74) is 10.3. The van der Waals surface area contributed by atoms with Gasteiger partial charge in [0, 0.05) is 11.3 Å². The molecule has 6 nitrogen and oxygen atoms in total. The highest BCUT2D eigenvalue weighted by molar-refractivity contribution is 5.92. The van der Waals surface area contributed by atoms with E-state index in [-0.39, 0.29) is 12.5 Å². The lowest BCUT2D eigenvalue weighted by atomic mass is 10.1. The second kappa shape index (κ2) is 8.10. The van der Waals surface area contributed by atoms with E-state index in [1.807, 2.05) is 6.07 Å². The van der Waals surface area contributed by atoms with Crippen LogP contribution >= 0.6 is 0 Å². The number of aliphatic hydroxyl groups is 1. The minimum Gasteiger partial charge on any atom is -0.497 e. The highest BCUT2D eigenvalue weighted by Crippen LogP contribution is 2.29. The Labute approximate surface area is 153 Å². The summed E-state index contributed by atoms with van der Waals surface area (Å²) < 4.78 is 10.5. The van der Waals surface area contributed by atoms with Crippen molar-refractivity contribution in [2.45, 2.75) is 25.4 Å². The number of rotatable bonds is 6. The number of methoxy groups -OCH3 is 2. The zero-order chi connectivity index (χ0) is 18.5. The Bertz CT molecular complexity index is 805. The third-order valence-corrected chi connectivity index (χ3v) is 4.60. The van der Waals surface area contributed by atoms with Crippen LogP contribution in [0.25, 0.3) is 0 Å². The molecule has 1 unspecified atom stereocenters. The minimum absolute atomic E-state index is 0.118. The van der Waals surface area contributed by atoms with Gasteiger partial charge in [-0.3, -0.25) is 4.99 Å². The van der Waals surface area contributed by atoms with E-state index in [9.17, 15) is 5.11 Å². The van der Waals surface area contributed by atoms with Crippen molar-refractivity contribution in [2.75, 3.05) is 26.1 Å². The van der Waals surface area contributed by atoms with Gasteiger partial charge in [-0.15, -0.1) is 0 Å². The molecular weight excluding hydrogens is 330 g/mol. The van der Waals surface area contributed by atoms with Crippen molar-refractivity contribution in [2.24, 2.45) is 10.7 Å². The summed E-state index contributed by atoms with van der Waals surface area (Å²) >= 11 is 0. The third-order valence-electron chi connectivity index (χ3n) is 4.60. The molecule has 0 fully saturated rings. The van der Waals surface area contributed by atoms with E-state index in [1.54, 1.807) is 32.4 Å². The number of ether oxygens (including phenoxy) is 2. The fourth-order valence-corrected chi connectivity index (χ4v) is 3.22. The van der Waals surface area contributed by atoms with Gasteiger partial charge >= 0.3 is 0 Å². The predicted molar refractivity (Wildman–Crippen MR) is 103 cm³/mol. The van der Waals surface area contributed by atoms with Crippen molar-refractivity contribution in [1.82, 2.24) is 0 Å². The fraction of sp³-hybridized carbons (Fsp3) is 0.350. The maximum absolute atomic E-state index is 10.5. The number of benzene rings is 2. The molecule has 0 aliphatic heterocycles. The molecule has 0 saturated carbocycles. The number of aliphatic imine (C=N–C) groups is 1. The van der Waals surface area contributed by atoms with E-state index >= 15 is 0 Å². The molecule has 0 saturated heterocycles. The molecule has 4 N–H and O–H groups in total. The van der Waals surface area contributed by atoms with Crippen LogP contribution in [0.4, 0.5) is 5.69 Å². The zero-order valence-corrected chi connectivity index (χ0v) is 15.2. The zero-order valence-electron chi connectivity index (χ0n) is 15.2. The summed E-state index contributed by atoms with van der Waals surface area (Å²) in [6.07, 6.45) is 2.61. The van der Waals surface area contributed by atoms with Crippen LogP contribution in [-0.4, -0.2) is 31.8 Å². The maximum atomic E-state index is 10.5. The molecule has 26 heavy (non-hydrogen) atoms. The van der Waals surface area contributed by atoms with Gasteiger partial charge in [0.25, 0.3) is 0 Å². The van der Waals surface area contributed by atoms with Gasteiger partial charge in [0.15, 0.2) is 5.96 Å². The van der Waals surface area contributed by atoms with Crippen LogP contribution in [0.1, 0.15) is 29.2 Å². The van der Waals surface area contributed by atoms with Crippen molar-refractivity contribution in [3.8, 4) is 11.5 Å². The van der Waals surface area contributed by atoms with E-state index in [0.29, 0.717) is 17.1 Å². The van der Waals surface area contributed by atoms with Crippen LogP contribution in [0.5, 0.6) is 11.5 Å². The van der Waals surface area contributed by atoms with Gasteiger partial charge in [0.2, 0.25) is 0 Å². The molecule has 1 atom stereocenters. The van der Waals surface area contributed by atoms with Crippen molar-refractivity contribution in [3.63, 3.8) is 0 Å². The van der Waals surface area contributed by atoms with E-state index < -0.39 is 6.10 Å². The Morgan fingerprint density at radius 1 is 1.15 bits per heavy atom. The summed E-state index contributed by atoms with van der Waals surface area (Å²) in [6.45, 7) is 0.118. The summed E-state index contributed by atoms with van der Waals surface area (Å²) in [4.78, 5) is 4.26. The van der Waals surface area contributed by atoms with Crippen LogP contribution in [0.15, 0.2) is 41.4 Å². The third kappa shape index (κ3) is 4.08. The lowest BCUT2D eigenvalue weighted by molar-refractivity contribution is 0.182. The Morgan fingerprint density at radius 3 is 2.73 bits per heavy atom. The predicted octanol–water partition coefficient (Wildman–Crippen LogP) is 2.65. The smallest absolute Gasteiger partial charge is 0.193 e. The van der Waals surface area contributed by atoms with Crippen molar-refractivity contribution < 1.29 is 14.6 Å². The normalized spacial score (nSPS) is 14.7. The number of nitrogens with two attached hydrogens (primary N) is 1. The first-order chi connectivity index (χ1) is 12.6. The van der Waals surface area contributed by atoms with Gasteiger partial charge < -0.3 is 25.6 Å². The Hall–Kier alpha value is -2.73. The molecule has 0 amide bonds. The highest BCUT2D eigenvalue weighted by atomic mass is 16.5. The summed E-state index contributed by atoms with van der Waals surface area (Å²) in [6, 6.07) is 11.5. The van der Waals surface area contributed by atoms with Gasteiger partial charge in [0.1, 0.15) is 17.6 Å². The molecule has 138 valence electrons. The summed E-state index contributed by atoms with van der Waals surface area (Å²) in [5.74, 6) is 1.50. The molecule has 0 aromatic heterocycles. The topological polar surface area (TPSA) is 89.1 Å². The maximum Gasteiger partial charge on any atom is 0.193 e. The second-order valence-corrected chi connectivity index (χ2v) is 6.31. The number of aryl methyl sites for hydroxylation is 2. The van der Waals surface area contributed by atoms with Gasteiger partial charge in [-0.2, -0.15) is 0 Å². The van der Waals surface area contributed by atoms with Gasteiger partial charge in [-0.25, -0.2) is 0 Å². The van der Waals surface area contributed by atoms with Gasteiger partial charge in [-0.05, 0) is 60.7 Å². The fourth-order valence-electron chi connectivity index (χ4n) is 3.22. The molecule has 0 spiro atoms. The number of fused-ring (bicyclic) bond motifs is 1. The Morgan fingerprint density at radius 2 is 1.96 bits per heavy atom. The number of guanidine groups is 1. The molecule has 0 radical (unpaired) electrons. The van der Waals surface area contributed by atoms with Gasteiger partial charge in [0.05, 0.1) is 20.8 Å². The van der Waals surface area contributed by atoms with Crippen LogP contribution in [0, 0.1) is 0 Å². The number of nitrogens with one attached hydrogen (secondary N) is 1. The van der Waals surface area contributed by atoms with E-state index in [2.05, 4.69) is 22.4 Å². The van der Waals surface area contributed by atoms with Crippen molar-refractivity contribution in [3.05, 3.63) is 53.1 Å². The summed E-state index contributed by atoms with van der Waals surface area (Å²) in [7, 11) is 3.14. The Balaban J connectivity index is 1.67. The minimum atomic E-state index is -0.847. The van der Waals surface area contributed by atoms with Crippen molar-refractivity contribution in [1.29, 1.82) is 0 Å². The number of hydrogen-bond acceptors (Lipinski definition) is 4. The molecular formula is C20H25N3O3. The van der Waals surface area contributed by atoms with Crippen LogP contribution in [-0.2, 0) is 12.8 Å². The average molecular weight is 355 g/mol. The monoisotopic (exact) mass is 355 g/mol. The number of aliphatic hydroxyl groups excluding tert-OH is 1. The number of hydrogen-bond donors (Lipinski definition) is 3. The van der Waals surface area contributed by atoms with Crippen LogP contribution in [0.2, 0.25) is 0 Å². The van der Waals surface area contributed by atoms with E-state index in [0.717, 1.165) is 18.5 Å². The van der Waals surface area contributed by atoms with Crippen LogP contribution in [0.3, 0.4) is 0 Å². The summed E-state index contributed by atoms with van der Waals surface area (Å²) in [5, 5.41) is 13.6. The quantitative estimate of drug-likeness (QED) is 0.548. The number of anilines is 1. The van der Waals surface area contributed by atoms with E-state index in [1.165, 1.54) is 17.5 Å². The van der Waals surface area contributed by atoms with Crippen molar-refractivity contribution >= 4 is 11.6 Å². The molecule has 6 heteroatoms. The molecule has 2 aromatic rings. The molecule has 3 rings (SSSR count). The number of nitrogens with zero attached hydrogens (tertiary/aromatic N) is 1. The second-order valence-electron chi connectivity index (χ2n) is 6.31. The molecule has 2 aromatic carbocycles. The van der Waals surface area contributed by atoms with Crippen LogP contribution < -0.4 is 20.5 Å². The first-order valence-corrected chi connectivity index (χ1v) is 8.69. The molecule has 1 aliphatic carbocycles. The largest absolute Gasteiger partial charge is 0.497 e. The Kier molecular flexibility index (Phi) is 5.63. The average Bonchev–Trinajstić information content (AvgIpc) is 3.13. The van der Waals surface area contributed by atoms with Gasteiger partial charge in [-0.1, -0.05) is 6.07 Å². The lowest BCUT2D eigenvalue weighted by Gasteiger charge is -2.15. The standard InChI is InChI=1S/C20H25N3O3/c1-25-16-8-9-19(26-2)17(11-16)18(24)12-22-20(21)23-15-7-6-13-4-3-5-14(13)10-15/h6-11,18,24H,3-5,12H2,1-2H3,(H3,21,22,23). The highest BCUT2D eigenvalue weighted by Gasteiger charge is 2.15. The SMILES string of the molecule is COc1ccc(OC)c(C(O)CN=C(N)Nc2ccc3c(c2)CCC3)c1. The van der Waals surface area contributed by atoms with E-state index in [4.69, 9.17) is 15.2 Å². The molecule has 0 heterocycles. The molecule has 0 bridgehead atoms. The first kappa shape index (κ1) is 18.1. The first-order valence-electron chi connectivity index (χ1n) is 8.69. The molecule has 1 aliphatic rings. The lowest BCUT2D eigenvalue weighted by Crippen LogP contribution is -2.23.